The van der Waals surface area contributed by atoms with E-state index in [1.807, 2.05) is 25.2 Å². The van der Waals surface area contributed by atoms with Crippen LogP contribution in [0.25, 0.3) is 0 Å². The average Bonchev–Trinajstić information content (AvgIpc) is 2.39. The summed E-state index contributed by atoms with van der Waals surface area (Å²) < 4.78 is 0. The summed E-state index contributed by atoms with van der Waals surface area (Å²) in [6.45, 7) is 2.11. The maximum absolute atomic E-state index is 6.08. The first-order valence-electron chi connectivity index (χ1n) is 6.28. The van der Waals surface area contributed by atoms with E-state index in [-0.39, 0.29) is 6.04 Å². The summed E-state index contributed by atoms with van der Waals surface area (Å²) >= 11 is 12.0. The molecule has 0 saturated carbocycles. The quantitative estimate of drug-likeness (QED) is 0.853. The Kier molecular flexibility index (Phi) is 4.87. The van der Waals surface area contributed by atoms with Gasteiger partial charge in [0.05, 0.1) is 10.0 Å². The lowest BCUT2D eigenvalue weighted by Crippen LogP contribution is -2.18. The number of aryl methyl sites for hydroxylation is 1. The molecule has 2 aromatic carbocycles. The number of rotatable bonds is 4. The van der Waals surface area contributed by atoms with Crippen molar-refractivity contribution in [2.45, 2.75) is 19.4 Å². The highest BCUT2D eigenvalue weighted by Gasteiger charge is 2.11. The maximum atomic E-state index is 6.08. The molecule has 1 nitrogen and oxygen atoms in total. The van der Waals surface area contributed by atoms with Crippen LogP contribution >= 0.6 is 23.2 Å². The summed E-state index contributed by atoms with van der Waals surface area (Å²) in [6.07, 6.45) is 0.927. The van der Waals surface area contributed by atoms with Crippen LogP contribution in [0.4, 0.5) is 0 Å². The van der Waals surface area contributed by atoms with Gasteiger partial charge in [-0.1, -0.05) is 59.1 Å². The first-order valence-corrected chi connectivity index (χ1v) is 7.03. The third-order valence-corrected chi connectivity index (χ3v) is 3.96. The number of halogens is 2. The summed E-state index contributed by atoms with van der Waals surface area (Å²) in [7, 11) is 1.96. The molecule has 0 spiro atoms. The molecule has 19 heavy (non-hydrogen) atoms. The van der Waals surface area contributed by atoms with Crippen molar-refractivity contribution in [3.05, 3.63) is 69.2 Å². The molecule has 1 atom stereocenters. The highest BCUT2D eigenvalue weighted by Crippen LogP contribution is 2.27. The van der Waals surface area contributed by atoms with Gasteiger partial charge >= 0.3 is 0 Å². The fourth-order valence-corrected chi connectivity index (χ4v) is 2.50. The van der Waals surface area contributed by atoms with E-state index in [2.05, 4.69) is 36.5 Å². The van der Waals surface area contributed by atoms with Crippen molar-refractivity contribution in [2.24, 2.45) is 0 Å². The predicted octanol–water partition coefficient (Wildman–Crippen LogP) is 4.81. The van der Waals surface area contributed by atoms with Gasteiger partial charge < -0.3 is 5.32 Å². The molecule has 0 aliphatic carbocycles. The molecule has 1 N–H and O–H groups in total. The van der Waals surface area contributed by atoms with Crippen LogP contribution < -0.4 is 5.32 Å². The second kappa shape index (κ2) is 6.42. The third kappa shape index (κ3) is 3.73. The molecule has 0 radical (unpaired) electrons. The van der Waals surface area contributed by atoms with Crippen molar-refractivity contribution in [3.63, 3.8) is 0 Å². The zero-order valence-corrected chi connectivity index (χ0v) is 12.6. The lowest BCUT2D eigenvalue weighted by atomic mass is 9.98. The maximum Gasteiger partial charge on any atom is 0.0595 e. The Morgan fingerprint density at radius 3 is 2.47 bits per heavy atom. The van der Waals surface area contributed by atoms with Gasteiger partial charge in [0.25, 0.3) is 0 Å². The highest BCUT2D eigenvalue weighted by atomic mass is 35.5. The van der Waals surface area contributed by atoms with Gasteiger partial charge in [-0.3, -0.25) is 0 Å². The standard InChI is InChI=1S/C16H17Cl2N/c1-11-4-3-5-12(8-11)9-16(19-2)13-6-7-14(17)15(18)10-13/h3-8,10,16,19H,9H2,1-2H3. The van der Waals surface area contributed by atoms with Gasteiger partial charge in [0.1, 0.15) is 0 Å². The molecule has 0 aromatic heterocycles. The molecule has 0 saturated heterocycles. The number of nitrogens with one attached hydrogen (secondary N) is 1. The Morgan fingerprint density at radius 2 is 1.84 bits per heavy atom. The Labute approximate surface area is 124 Å². The monoisotopic (exact) mass is 293 g/mol. The fourth-order valence-electron chi connectivity index (χ4n) is 2.19. The molecule has 2 aromatic rings. The highest BCUT2D eigenvalue weighted by molar-refractivity contribution is 6.42. The minimum Gasteiger partial charge on any atom is -0.313 e. The van der Waals surface area contributed by atoms with Crippen LogP contribution in [0.2, 0.25) is 10.0 Å². The number of hydrogen-bond donors (Lipinski definition) is 1. The Bertz CT molecular complexity index is 566. The largest absolute Gasteiger partial charge is 0.313 e. The van der Waals surface area contributed by atoms with E-state index in [1.165, 1.54) is 11.1 Å². The Morgan fingerprint density at radius 1 is 1.05 bits per heavy atom. The first-order chi connectivity index (χ1) is 9.10. The normalized spacial score (nSPS) is 12.4. The van der Waals surface area contributed by atoms with E-state index in [9.17, 15) is 0 Å². The van der Waals surface area contributed by atoms with Crippen molar-refractivity contribution >= 4 is 23.2 Å². The predicted molar refractivity (Wildman–Crippen MR) is 83.1 cm³/mol. The average molecular weight is 294 g/mol. The van der Waals surface area contributed by atoms with Gasteiger partial charge in [-0.25, -0.2) is 0 Å². The van der Waals surface area contributed by atoms with Crippen LogP contribution in [-0.2, 0) is 6.42 Å². The van der Waals surface area contributed by atoms with E-state index >= 15 is 0 Å². The van der Waals surface area contributed by atoms with Crippen molar-refractivity contribution in [2.75, 3.05) is 7.05 Å². The molecule has 100 valence electrons. The molecule has 0 amide bonds. The van der Waals surface area contributed by atoms with Gasteiger partial charge in [0, 0.05) is 6.04 Å². The molecular formula is C16H17Cl2N. The van der Waals surface area contributed by atoms with Crippen LogP contribution in [0.5, 0.6) is 0 Å². The smallest absolute Gasteiger partial charge is 0.0595 e. The summed E-state index contributed by atoms with van der Waals surface area (Å²) in [5, 5.41) is 4.53. The van der Waals surface area contributed by atoms with Crippen LogP contribution in [0, 0.1) is 6.92 Å². The fraction of sp³-hybridized carbons (Fsp3) is 0.250. The van der Waals surface area contributed by atoms with Crippen LogP contribution in [-0.4, -0.2) is 7.05 Å². The first kappa shape index (κ1) is 14.4. The molecule has 0 bridgehead atoms. The second-order valence-corrected chi connectivity index (χ2v) is 5.52. The SMILES string of the molecule is CNC(Cc1cccc(C)c1)c1ccc(Cl)c(Cl)c1. The minimum atomic E-state index is 0.233. The second-order valence-electron chi connectivity index (χ2n) is 4.71. The van der Waals surface area contributed by atoms with Crippen molar-refractivity contribution in [1.82, 2.24) is 5.32 Å². The number of hydrogen-bond acceptors (Lipinski definition) is 1. The molecule has 3 heteroatoms. The van der Waals surface area contributed by atoms with Crippen molar-refractivity contribution in [1.29, 1.82) is 0 Å². The van der Waals surface area contributed by atoms with Crippen molar-refractivity contribution in [3.8, 4) is 0 Å². The summed E-state index contributed by atoms with van der Waals surface area (Å²) in [4.78, 5) is 0. The van der Waals surface area contributed by atoms with E-state index in [4.69, 9.17) is 23.2 Å². The van der Waals surface area contributed by atoms with Gasteiger partial charge in [0.2, 0.25) is 0 Å². The molecule has 1 unspecified atom stereocenters. The van der Waals surface area contributed by atoms with Crippen LogP contribution in [0.15, 0.2) is 42.5 Å². The summed E-state index contributed by atoms with van der Waals surface area (Å²) in [6, 6.07) is 14.6. The molecule has 0 fully saturated rings. The molecule has 2 rings (SSSR count). The lowest BCUT2D eigenvalue weighted by Gasteiger charge is -2.17. The van der Waals surface area contributed by atoms with Crippen LogP contribution in [0.1, 0.15) is 22.7 Å². The van der Waals surface area contributed by atoms with Gasteiger partial charge in [0.15, 0.2) is 0 Å². The molecule has 0 aliphatic rings. The topological polar surface area (TPSA) is 12.0 Å². The lowest BCUT2D eigenvalue weighted by molar-refractivity contribution is 0.592. The third-order valence-electron chi connectivity index (χ3n) is 3.22. The summed E-state index contributed by atoms with van der Waals surface area (Å²) in [5.41, 5.74) is 3.74. The van der Waals surface area contributed by atoms with Crippen LogP contribution in [0.3, 0.4) is 0 Å². The van der Waals surface area contributed by atoms with E-state index < -0.39 is 0 Å². The van der Waals surface area contributed by atoms with Gasteiger partial charge in [-0.05, 0) is 43.7 Å². The van der Waals surface area contributed by atoms with E-state index in [1.54, 1.807) is 0 Å². The van der Waals surface area contributed by atoms with Crippen molar-refractivity contribution < 1.29 is 0 Å². The molecule has 0 heterocycles. The number of likely N-dealkylation sites (N-methyl/N-ethyl adjacent to an activating group) is 1. The zero-order chi connectivity index (χ0) is 13.8. The Hall–Kier alpha value is -1.02. The molecule has 0 aliphatic heterocycles. The molecular weight excluding hydrogens is 277 g/mol. The van der Waals surface area contributed by atoms with Gasteiger partial charge in [-0.15, -0.1) is 0 Å². The zero-order valence-electron chi connectivity index (χ0n) is 11.1. The Balaban J connectivity index is 2.22. The minimum absolute atomic E-state index is 0.233. The van der Waals surface area contributed by atoms with Gasteiger partial charge in [-0.2, -0.15) is 0 Å². The van der Waals surface area contributed by atoms with E-state index in [0.29, 0.717) is 10.0 Å². The summed E-state index contributed by atoms with van der Waals surface area (Å²) in [5.74, 6) is 0. The van der Waals surface area contributed by atoms with E-state index in [0.717, 1.165) is 12.0 Å². The number of benzene rings is 2.